The second-order valence-electron chi connectivity index (χ2n) is 9.44. The first-order chi connectivity index (χ1) is 20.5. The van der Waals surface area contributed by atoms with E-state index in [0.717, 1.165) is 0 Å². The summed E-state index contributed by atoms with van der Waals surface area (Å²) in [5, 5.41) is 10.7. The SMILES string of the molecule is COc1cccc(Nc2c(C(N)=O)cnc3c(C)cc(S(=O)(=O)c4cccc(C(=O)N(C)C)c4)cc23)c1.O=C(O)C(F)(F)F. The molecule has 0 saturated carbocycles. The molecule has 0 aliphatic heterocycles. The average Bonchev–Trinajstić information content (AvgIpc) is 2.96. The number of fused-ring (bicyclic) bond motifs is 1. The number of nitrogens with zero attached hydrogens (tertiary/aromatic N) is 2. The number of anilines is 2. The Kier molecular flexibility index (Phi) is 9.84. The van der Waals surface area contributed by atoms with Gasteiger partial charge in [0.15, 0.2) is 0 Å². The molecule has 11 nitrogen and oxygen atoms in total. The van der Waals surface area contributed by atoms with Crippen LogP contribution in [0.1, 0.15) is 26.3 Å². The van der Waals surface area contributed by atoms with Crippen molar-refractivity contribution in [1.29, 1.82) is 0 Å². The summed E-state index contributed by atoms with van der Waals surface area (Å²) in [6, 6.07) is 15.9. The largest absolute Gasteiger partial charge is 0.497 e. The molecule has 0 atom stereocenters. The normalized spacial score (nSPS) is 11.2. The van der Waals surface area contributed by atoms with E-state index in [1.54, 1.807) is 51.4 Å². The molecule has 0 aliphatic carbocycles. The molecule has 2 amide bonds. The van der Waals surface area contributed by atoms with Crippen molar-refractivity contribution < 1.29 is 45.8 Å². The minimum atomic E-state index is -5.08. The number of pyridine rings is 1. The molecule has 0 saturated heterocycles. The Morgan fingerprint density at radius 3 is 2.20 bits per heavy atom. The number of ether oxygens (including phenoxy) is 1. The number of amides is 2. The topological polar surface area (TPSA) is 169 Å². The lowest BCUT2D eigenvalue weighted by atomic mass is 10.1. The zero-order valence-corrected chi connectivity index (χ0v) is 24.6. The molecule has 44 heavy (non-hydrogen) atoms. The molecule has 15 heteroatoms. The van der Waals surface area contributed by atoms with Gasteiger partial charge in [-0.2, -0.15) is 13.2 Å². The number of rotatable bonds is 7. The van der Waals surface area contributed by atoms with Gasteiger partial charge >= 0.3 is 12.1 Å². The van der Waals surface area contributed by atoms with Crippen LogP contribution in [0.5, 0.6) is 5.75 Å². The third-order valence-corrected chi connectivity index (χ3v) is 7.82. The third kappa shape index (κ3) is 7.42. The van der Waals surface area contributed by atoms with Gasteiger partial charge in [-0.05, 0) is 55.0 Å². The van der Waals surface area contributed by atoms with Crippen LogP contribution in [0.15, 0.2) is 76.7 Å². The van der Waals surface area contributed by atoms with Gasteiger partial charge in [0.25, 0.3) is 11.8 Å². The molecule has 0 radical (unpaired) electrons. The molecule has 0 fully saturated rings. The van der Waals surface area contributed by atoms with Gasteiger partial charge in [0.2, 0.25) is 9.84 Å². The summed E-state index contributed by atoms with van der Waals surface area (Å²) in [6.07, 6.45) is -3.72. The van der Waals surface area contributed by atoms with Crippen LogP contribution in [-0.2, 0) is 14.6 Å². The highest BCUT2D eigenvalue weighted by molar-refractivity contribution is 7.91. The van der Waals surface area contributed by atoms with E-state index in [-0.39, 0.29) is 26.8 Å². The van der Waals surface area contributed by atoms with Crippen molar-refractivity contribution in [2.75, 3.05) is 26.5 Å². The highest BCUT2D eigenvalue weighted by Crippen LogP contribution is 2.35. The number of nitrogens with two attached hydrogens (primary N) is 1. The number of carbonyl (C=O) groups is 3. The smallest absolute Gasteiger partial charge is 0.490 e. The summed E-state index contributed by atoms with van der Waals surface area (Å²) in [7, 11) is 0.696. The zero-order valence-electron chi connectivity index (χ0n) is 23.8. The lowest BCUT2D eigenvalue weighted by Crippen LogP contribution is -2.21. The number of halogens is 3. The number of aryl methyl sites for hydroxylation is 1. The number of hydrogen-bond acceptors (Lipinski definition) is 8. The van der Waals surface area contributed by atoms with Crippen LogP contribution in [-0.4, -0.2) is 68.6 Å². The molecule has 1 aromatic heterocycles. The Morgan fingerprint density at radius 2 is 1.64 bits per heavy atom. The number of benzene rings is 3. The molecule has 0 aliphatic rings. The van der Waals surface area contributed by atoms with Gasteiger partial charge in [-0.1, -0.05) is 12.1 Å². The summed E-state index contributed by atoms with van der Waals surface area (Å²) < 4.78 is 64.4. The first kappa shape index (κ1) is 33.3. The number of carbonyl (C=O) groups excluding carboxylic acids is 2. The van der Waals surface area contributed by atoms with Crippen molar-refractivity contribution in [2.24, 2.45) is 5.73 Å². The Balaban J connectivity index is 0.000000676. The predicted molar refractivity (Wildman–Crippen MR) is 155 cm³/mol. The van der Waals surface area contributed by atoms with Crippen LogP contribution in [0.2, 0.25) is 0 Å². The number of alkyl halides is 3. The number of aliphatic carboxylic acids is 1. The highest BCUT2D eigenvalue weighted by Gasteiger charge is 2.38. The van der Waals surface area contributed by atoms with E-state index in [4.69, 9.17) is 20.4 Å². The highest BCUT2D eigenvalue weighted by atomic mass is 32.2. The second-order valence-corrected chi connectivity index (χ2v) is 11.4. The number of primary amides is 1. The number of methoxy groups -OCH3 is 1. The number of sulfone groups is 1. The van der Waals surface area contributed by atoms with Gasteiger partial charge in [0.05, 0.1) is 33.7 Å². The van der Waals surface area contributed by atoms with E-state index in [0.29, 0.717) is 33.6 Å². The fourth-order valence-electron chi connectivity index (χ4n) is 3.96. The zero-order chi connectivity index (χ0) is 33.0. The minimum absolute atomic E-state index is 0.0101. The van der Waals surface area contributed by atoms with Crippen LogP contribution >= 0.6 is 0 Å². The first-order valence-corrected chi connectivity index (χ1v) is 14.0. The molecule has 1 heterocycles. The monoisotopic (exact) mass is 632 g/mol. The van der Waals surface area contributed by atoms with Crippen LogP contribution in [0, 0.1) is 6.92 Å². The van der Waals surface area contributed by atoms with Crippen LogP contribution in [0.25, 0.3) is 10.9 Å². The van der Waals surface area contributed by atoms with E-state index >= 15 is 0 Å². The van der Waals surface area contributed by atoms with Crippen LogP contribution in [0.4, 0.5) is 24.5 Å². The van der Waals surface area contributed by atoms with E-state index in [9.17, 15) is 31.2 Å². The molecule has 0 bridgehead atoms. The van der Waals surface area contributed by atoms with E-state index in [2.05, 4.69) is 10.3 Å². The molecule has 0 spiro atoms. The Bertz CT molecular complexity index is 1860. The lowest BCUT2D eigenvalue weighted by Gasteiger charge is -2.16. The van der Waals surface area contributed by atoms with Gasteiger partial charge in [0, 0.05) is 43.0 Å². The Hall–Kier alpha value is -5.18. The maximum Gasteiger partial charge on any atom is 0.490 e. The molecule has 4 N–H and O–H groups in total. The summed E-state index contributed by atoms with van der Waals surface area (Å²) >= 11 is 0. The van der Waals surface area contributed by atoms with Crippen molar-refractivity contribution in [3.05, 3.63) is 83.6 Å². The number of carboxylic acid groups (broad SMARTS) is 1. The molecule has 0 unspecified atom stereocenters. The van der Waals surface area contributed by atoms with Crippen molar-refractivity contribution in [2.45, 2.75) is 22.9 Å². The summed E-state index contributed by atoms with van der Waals surface area (Å²) in [6.45, 7) is 1.74. The average molecular weight is 633 g/mol. The fourth-order valence-corrected chi connectivity index (χ4v) is 5.38. The first-order valence-electron chi connectivity index (χ1n) is 12.5. The standard InChI is InChI=1S/C27H26N4O5S.C2HF3O2/c1-16-11-21(37(34,35)20-10-5-7-17(12-20)27(33)31(2)3)14-22-24(16)29-15-23(26(28)32)25(22)30-18-8-6-9-19(13-18)36-4;3-2(4,5)1(6)7/h5-15H,1-4H3,(H2,28,32)(H,29,30);(H,6,7). The van der Waals surface area contributed by atoms with Gasteiger partial charge < -0.3 is 25.8 Å². The molecule has 3 aromatic carbocycles. The summed E-state index contributed by atoms with van der Waals surface area (Å²) in [5.74, 6) is -3.20. The van der Waals surface area contributed by atoms with Crippen LogP contribution in [0.3, 0.4) is 0 Å². The lowest BCUT2D eigenvalue weighted by molar-refractivity contribution is -0.192. The molecular weight excluding hydrogens is 605 g/mol. The maximum absolute atomic E-state index is 13.7. The summed E-state index contributed by atoms with van der Waals surface area (Å²) in [5.41, 5.74) is 8.01. The molecule has 4 aromatic rings. The number of carboxylic acids is 1. The fraction of sp³-hybridized carbons (Fsp3) is 0.172. The van der Waals surface area contributed by atoms with Crippen LogP contribution < -0.4 is 15.8 Å². The maximum atomic E-state index is 13.7. The Morgan fingerprint density at radius 1 is 1.00 bits per heavy atom. The van der Waals surface area contributed by atoms with Gasteiger partial charge in [-0.25, -0.2) is 13.2 Å². The number of hydrogen-bond donors (Lipinski definition) is 3. The van der Waals surface area contributed by atoms with Gasteiger partial charge in [0.1, 0.15) is 5.75 Å². The van der Waals surface area contributed by atoms with E-state index in [1.165, 1.54) is 48.5 Å². The predicted octanol–water partition coefficient (Wildman–Crippen LogP) is 4.56. The molecule has 4 rings (SSSR count). The van der Waals surface area contributed by atoms with Gasteiger partial charge in [-0.3, -0.25) is 14.6 Å². The van der Waals surface area contributed by atoms with E-state index in [1.807, 2.05) is 0 Å². The second kappa shape index (κ2) is 13.0. The molecule has 232 valence electrons. The molecular formula is C29H27F3N4O7S. The van der Waals surface area contributed by atoms with Crippen molar-refractivity contribution >= 4 is 49.9 Å². The summed E-state index contributed by atoms with van der Waals surface area (Å²) in [4.78, 5) is 39.3. The van der Waals surface area contributed by atoms with Gasteiger partial charge in [-0.15, -0.1) is 0 Å². The minimum Gasteiger partial charge on any atom is -0.497 e. The van der Waals surface area contributed by atoms with Crippen molar-refractivity contribution in [3.8, 4) is 5.75 Å². The quantitative estimate of drug-likeness (QED) is 0.264. The number of aromatic nitrogens is 1. The number of nitrogens with one attached hydrogen (secondary N) is 1. The third-order valence-electron chi connectivity index (χ3n) is 6.09. The van der Waals surface area contributed by atoms with E-state index < -0.39 is 27.9 Å². The van der Waals surface area contributed by atoms with Crippen molar-refractivity contribution in [3.63, 3.8) is 0 Å². The van der Waals surface area contributed by atoms with Crippen molar-refractivity contribution in [1.82, 2.24) is 9.88 Å². The Labute approximate surface area is 250 Å².